The lowest BCUT2D eigenvalue weighted by atomic mass is 10.2. The van der Waals surface area contributed by atoms with Crippen molar-refractivity contribution in [3.8, 4) is 11.3 Å². The lowest BCUT2D eigenvalue weighted by Gasteiger charge is -2.12. The van der Waals surface area contributed by atoms with Crippen LogP contribution in [0.1, 0.15) is 10.4 Å². The largest absolute Gasteiger partial charge is 0.378 e. The molecule has 130 valence electrons. The van der Waals surface area contributed by atoms with Gasteiger partial charge in [-0.15, -0.1) is 16.4 Å². The van der Waals surface area contributed by atoms with E-state index in [2.05, 4.69) is 15.4 Å². The summed E-state index contributed by atoms with van der Waals surface area (Å²) in [6, 6.07) is 17.4. The summed E-state index contributed by atoms with van der Waals surface area (Å²) in [6.45, 7) is 0. The molecule has 2 aromatic carbocycles. The molecule has 2 heterocycles. The van der Waals surface area contributed by atoms with Gasteiger partial charge >= 0.3 is 0 Å². The summed E-state index contributed by atoms with van der Waals surface area (Å²) in [6.07, 6.45) is 0. The number of carbonyl (C=O) groups excluding carboxylic acids is 1. The normalized spacial score (nSPS) is 10.8. The second-order valence-corrected chi connectivity index (χ2v) is 6.85. The van der Waals surface area contributed by atoms with E-state index in [0.29, 0.717) is 11.5 Å². The van der Waals surface area contributed by atoms with Crippen LogP contribution in [0.5, 0.6) is 0 Å². The Morgan fingerprint density at radius 2 is 1.81 bits per heavy atom. The van der Waals surface area contributed by atoms with Crippen LogP contribution in [0.2, 0.25) is 0 Å². The fourth-order valence-electron chi connectivity index (χ4n) is 2.63. The van der Waals surface area contributed by atoms with Gasteiger partial charge in [-0.3, -0.25) is 10.1 Å². The minimum absolute atomic E-state index is 0.227. The zero-order valence-electron chi connectivity index (χ0n) is 14.4. The predicted octanol–water partition coefficient (Wildman–Crippen LogP) is 3.78. The molecular weight excluding hydrogens is 346 g/mol. The van der Waals surface area contributed by atoms with Crippen molar-refractivity contribution in [2.45, 2.75) is 0 Å². The highest BCUT2D eigenvalue weighted by molar-refractivity contribution is 7.15. The molecule has 26 heavy (non-hydrogen) atoms. The fourth-order valence-corrected chi connectivity index (χ4v) is 3.46. The van der Waals surface area contributed by atoms with Crippen LogP contribution >= 0.6 is 11.3 Å². The Hall–Kier alpha value is -3.19. The molecule has 0 spiro atoms. The number of amides is 1. The van der Waals surface area contributed by atoms with Gasteiger partial charge in [-0.25, -0.2) is 4.52 Å². The summed E-state index contributed by atoms with van der Waals surface area (Å²) in [5.74, 6) is 0.0746. The lowest BCUT2D eigenvalue weighted by molar-refractivity contribution is 0.102. The van der Waals surface area contributed by atoms with E-state index < -0.39 is 0 Å². The summed E-state index contributed by atoms with van der Waals surface area (Å²) < 4.78 is 1.75. The Kier molecular flexibility index (Phi) is 4.14. The molecule has 4 aromatic rings. The molecule has 7 heteroatoms. The van der Waals surface area contributed by atoms with E-state index in [9.17, 15) is 4.79 Å². The maximum atomic E-state index is 12.4. The second kappa shape index (κ2) is 6.61. The van der Waals surface area contributed by atoms with Crippen LogP contribution < -0.4 is 10.2 Å². The Morgan fingerprint density at radius 3 is 2.50 bits per heavy atom. The van der Waals surface area contributed by atoms with Crippen LogP contribution in [0.3, 0.4) is 0 Å². The number of rotatable bonds is 4. The van der Waals surface area contributed by atoms with E-state index in [-0.39, 0.29) is 5.91 Å². The third-order valence-electron chi connectivity index (χ3n) is 4.02. The predicted molar refractivity (Wildman–Crippen MR) is 105 cm³/mol. The van der Waals surface area contributed by atoms with Gasteiger partial charge in [0.1, 0.15) is 0 Å². The molecular formula is C19H17N5OS. The molecule has 0 aliphatic carbocycles. The number of benzene rings is 2. The minimum Gasteiger partial charge on any atom is -0.378 e. The molecule has 2 aromatic heterocycles. The second-order valence-electron chi connectivity index (χ2n) is 6.01. The van der Waals surface area contributed by atoms with Crippen molar-refractivity contribution in [2.75, 3.05) is 24.3 Å². The van der Waals surface area contributed by atoms with Crippen molar-refractivity contribution in [2.24, 2.45) is 0 Å². The van der Waals surface area contributed by atoms with Crippen molar-refractivity contribution >= 4 is 33.8 Å². The summed E-state index contributed by atoms with van der Waals surface area (Å²) in [4.78, 5) is 19.6. The number of nitrogens with zero attached hydrogens (tertiary/aromatic N) is 4. The quantitative estimate of drug-likeness (QED) is 0.599. The third-order valence-corrected chi connectivity index (χ3v) is 4.84. The van der Waals surface area contributed by atoms with E-state index in [4.69, 9.17) is 0 Å². The molecule has 0 aliphatic heterocycles. The average molecular weight is 363 g/mol. The maximum Gasteiger partial charge on any atom is 0.258 e. The zero-order valence-corrected chi connectivity index (χ0v) is 15.2. The van der Waals surface area contributed by atoms with E-state index in [1.165, 1.54) is 11.3 Å². The molecule has 0 radical (unpaired) electrons. The first-order valence-electron chi connectivity index (χ1n) is 8.10. The zero-order chi connectivity index (χ0) is 18.1. The minimum atomic E-state index is -0.227. The highest BCUT2D eigenvalue weighted by Crippen LogP contribution is 2.25. The van der Waals surface area contributed by atoms with Crippen LogP contribution in [0.25, 0.3) is 16.2 Å². The Morgan fingerprint density at radius 1 is 1.08 bits per heavy atom. The SMILES string of the molecule is CN(C)c1ccc(C(=O)Nc2nc3scc(-c4ccccc4)n3n2)cc1. The first-order chi connectivity index (χ1) is 12.6. The first kappa shape index (κ1) is 16.3. The topological polar surface area (TPSA) is 62.5 Å². The van der Waals surface area contributed by atoms with Gasteiger partial charge in [0.15, 0.2) is 0 Å². The number of anilines is 2. The maximum absolute atomic E-state index is 12.4. The number of aromatic nitrogens is 3. The van der Waals surface area contributed by atoms with Crippen molar-refractivity contribution in [3.63, 3.8) is 0 Å². The van der Waals surface area contributed by atoms with Gasteiger partial charge in [0.2, 0.25) is 4.96 Å². The molecule has 0 saturated carbocycles. The molecule has 1 amide bonds. The van der Waals surface area contributed by atoms with Crippen molar-refractivity contribution < 1.29 is 4.79 Å². The smallest absolute Gasteiger partial charge is 0.258 e. The molecule has 1 N–H and O–H groups in total. The van der Waals surface area contributed by atoms with Gasteiger partial charge in [-0.05, 0) is 24.3 Å². The van der Waals surface area contributed by atoms with E-state index in [1.54, 1.807) is 16.6 Å². The van der Waals surface area contributed by atoms with Gasteiger partial charge < -0.3 is 4.90 Å². The molecule has 0 unspecified atom stereocenters. The fraction of sp³-hybridized carbons (Fsp3) is 0.105. The highest BCUT2D eigenvalue weighted by Gasteiger charge is 2.14. The Bertz CT molecular complexity index is 1050. The number of hydrogen-bond acceptors (Lipinski definition) is 5. The summed E-state index contributed by atoms with van der Waals surface area (Å²) in [7, 11) is 3.92. The molecule has 0 fully saturated rings. The number of thiazole rings is 1. The highest BCUT2D eigenvalue weighted by atomic mass is 32.1. The third kappa shape index (κ3) is 3.04. The van der Waals surface area contributed by atoms with Crippen LogP contribution in [0.4, 0.5) is 11.6 Å². The average Bonchev–Trinajstić information content (AvgIpc) is 3.22. The molecule has 0 aliphatic rings. The summed E-state index contributed by atoms with van der Waals surface area (Å²) in [5, 5.41) is 9.22. The Balaban J connectivity index is 1.58. The Labute approximate surface area is 154 Å². The molecule has 6 nitrogen and oxygen atoms in total. The van der Waals surface area contributed by atoms with Crippen LogP contribution in [0, 0.1) is 0 Å². The van der Waals surface area contributed by atoms with Crippen molar-refractivity contribution in [1.82, 2.24) is 14.6 Å². The van der Waals surface area contributed by atoms with Gasteiger partial charge in [0.25, 0.3) is 11.9 Å². The number of hydrogen-bond donors (Lipinski definition) is 1. The van der Waals surface area contributed by atoms with E-state index in [0.717, 1.165) is 21.9 Å². The van der Waals surface area contributed by atoms with Gasteiger partial charge in [-0.2, -0.15) is 4.98 Å². The van der Waals surface area contributed by atoms with Gasteiger partial charge in [0, 0.05) is 36.3 Å². The van der Waals surface area contributed by atoms with Gasteiger partial charge in [-0.1, -0.05) is 30.3 Å². The summed E-state index contributed by atoms with van der Waals surface area (Å²) >= 11 is 1.49. The van der Waals surface area contributed by atoms with Crippen molar-refractivity contribution in [3.05, 3.63) is 65.5 Å². The number of fused-ring (bicyclic) bond motifs is 1. The van der Waals surface area contributed by atoms with Crippen LogP contribution in [-0.4, -0.2) is 34.6 Å². The van der Waals surface area contributed by atoms with E-state index >= 15 is 0 Å². The van der Waals surface area contributed by atoms with Crippen LogP contribution in [0.15, 0.2) is 60.0 Å². The molecule has 0 atom stereocenters. The first-order valence-corrected chi connectivity index (χ1v) is 8.98. The molecule has 4 rings (SSSR count). The van der Waals surface area contributed by atoms with Crippen LogP contribution in [-0.2, 0) is 0 Å². The standard InChI is InChI=1S/C19H17N5OS/c1-23(2)15-10-8-14(9-11-15)17(25)20-18-21-19-24(22-18)16(12-26-19)13-6-4-3-5-7-13/h3-12H,1-2H3,(H,20,22,25). The number of nitrogens with one attached hydrogen (secondary N) is 1. The monoisotopic (exact) mass is 363 g/mol. The van der Waals surface area contributed by atoms with Gasteiger partial charge in [0.05, 0.1) is 5.69 Å². The molecule has 0 saturated heterocycles. The van der Waals surface area contributed by atoms with Crippen molar-refractivity contribution in [1.29, 1.82) is 0 Å². The number of carbonyl (C=O) groups is 1. The molecule has 0 bridgehead atoms. The lowest BCUT2D eigenvalue weighted by Crippen LogP contribution is -2.14. The van der Waals surface area contributed by atoms with E-state index in [1.807, 2.05) is 66.8 Å². The summed E-state index contributed by atoms with van der Waals surface area (Å²) in [5.41, 5.74) is 3.61.